The number of benzene rings is 3. The van der Waals surface area contributed by atoms with Gasteiger partial charge in [-0.2, -0.15) is 0 Å². The first-order valence-electron chi connectivity index (χ1n) is 7.44. The van der Waals surface area contributed by atoms with E-state index in [1.54, 1.807) is 23.5 Å². The van der Waals surface area contributed by atoms with Crippen molar-refractivity contribution < 1.29 is 0 Å². The highest BCUT2D eigenvalue weighted by Crippen LogP contribution is 2.45. The molecule has 0 saturated heterocycles. The van der Waals surface area contributed by atoms with Crippen LogP contribution in [-0.4, -0.2) is 0 Å². The normalized spacial score (nSPS) is 13.7. The number of hydrogen-bond donors (Lipinski definition) is 0. The van der Waals surface area contributed by atoms with Crippen LogP contribution in [0.15, 0.2) is 74.9 Å². The molecule has 26 heavy (non-hydrogen) atoms. The summed E-state index contributed by atoms with van der Waals surface area (Å²) in [7, 11) is 0. The van der Waals surface area contributed by atoms with Crippen molar-refractivity contribution in [2.45, 2.75) is 19.6 Å². The average Bonchev–Trinajstić information content (AvgIpc) is 2.63. The van der Waals surface area contributed by atoms with E-state index in [1.165, 1.54) is 0 Å². The summed E-state index contributed by atoms with van der Waals surface area (Å²) in [6.45, 7) is 0. The van der Waals surface area contributed by atoms with Crippen LogP contribution in [0.5, 0.6) is 0 Å². The molecule has 0 spiro atoms. The van der Waals surface area contributed by atoms with Gasteiger partial charge < -0.3 is 0 Å². The second kappa shape index (κ2) is 6.54. The summed E-state index contributed by atoms with van der Waals surface area (Å²) < 4.78 is 2.00. The quantitative estimate of drug-likeness (QED) is 0.203. The van der Waals surface area contributed by atoms with Gasteiger partial charge in [-0.15, -0.1) is 0 Å². The van der Waals surface area contributed by atoms with E-state index in [2.05, 4.69) is 31.9 Å². The van der Waals surface area contributed by atoms with Gasteiger partial charge in [0.25, 0.3) is 0 Å². The Morgan fingerprint density at radius 2 is 1.12 bits per heavy atom. The Kier molecular flexibility index (Phi) is 4.42. The predicted octanol–water partition coefficient (Wildman–Crippen LogP) is 7.35. The number of halogens is 4. The van der Waals surface area contributed by atoms with Crippen LogP contribution >= 0.6 is 78.6 Å². The third kappa shape index (κ3) is 2.77. The highest BCUT2D eigenvalue weighted by atomic mass is 79.9. The minimum atomic E-state index is 0.597. The zero-order valence-electron chi connectivity index (χ0n) is 12.7. The van der Waals surface area contributed by atoms with Gasteiger partial charge in [0.1, 0.15) is 0 Å². The van der Waals surface area contributed by atoms with E-state index < -0.39 is 0 Å². The molecule has 2 heterocycles. The molecule has 0 aliphatic carbocycles. The molecule has 0 fully saturated rings. The van der Waals surface area contributed by atoms with Gasteiger partial charge in [0.2, 0.25) is 0 Å². The zero-order chi connectivity index (χ0) is 18.0. The minimum Gasteiger partial charge on any atom is -0.245 e. The summed E-state index contributed by atoms with van der Waals surface area (Å²) in [6, 6.07) is 12.0. The molecule has 0 radical (unpaired) electrons. The maximum Gasteiger partial charge on any atom is 0.0991 e. The Labute approximate surface area is 184 Å². The molecule has 2 nitrogen and oxygen atoms in total. The van der Waals surface area contributed by atoms with Gasteiger partial charge in [-0.3, -0.25) is 0 Å². The smallest absolute Gasteiger partial charge is 0.0991 e. The summed E-state index contributed by atoms with van der Waals surface area (Å²) in [4.78, 5) is 13.3. The Balaban J connectivity index is 1.83. The van der Waals surface area contributed by atoms with E-state index in [1.807, 2.05) is 36.4 Å². The van der Waals surface area contributed by atoms with E-state index in [9.17, 15) is 0 Å². The first-order chi connectivity index (χ1) is 12.5. The fourth-order valence-electron chi connectivity index (χ4n) is 2.79. The summed E-state index contributed by atoms with van der Waals surface area (Å²) in [6.07, 6.45) is 0. The highest BCUT2D eigenvalue weighted by Gasteiger charge is 2.25. The van der Waals surface area contributed by atoms with Crippen molar-refractivity contribution in [3.05, 3.63) is 66.1 Å². The fraction of sp³-hybridized carbons (Fsp3) is 0. The molecule has 0 N–H and O–H groups in total. The molecule has 2 aliphatic heterocycles. The second-order valence-corrected chi connectivity index (χ2v) is 10.3. The number of nitrogens with zero attached hydrogens (tertiary/aromatic N) is 2. The molecule has 3 aromatic carbocycles. The van der Waals surface area contributed by atoms with Gasteiger partial charge >= 0.3 is 0 Å². The lowest BCUT2D eigenvalue weighted by atomic mass is 10.2. The maximum atomic E-state index is 6.75. The number of hydrogen-bond acceptors (Lipinski definition) is 4. The van der Waals surface area contributed by atoms with Crippen molar-refractivity contribution in [3.8, 4) is 0 Å². The summed E-state index contributed by atoms with van der Waals surface area (Å²) in [5, 5.41) is 2.63. The minimum absolute atomic E-state index is 0.597. The molecule has 3 aromatic rings. The van der Waals surface area contributed by atoms with Crippen LogP contribution in [0.1, 0.15) is 0 Å². The Bertz CT molecular complexity index is 1150. The van der Waals surface area contributed by atoms with Crippen LogP contribution in [0.4, 0.5) is 11.4 Å². The van der Waals surface area contributed by atoms with E-state index in [4.69, 9.17) is 33.2 Å². The van der Waals surface area contributed by atoms with E-state index >= 15 is 0 Å². The van der Waals surface area contributed by atoms with E-state index in [-0.39, 0.29) is 0 Å². The molecule has 0 atom stereocenters. The van der Waals surface area contributed by atoms with Crippen molar-refractivity contribution in [2.75, 3.05) is 0 Å². The molecule has 0 aromatic heterocycles. The molecule has 2 aliphatic rings. The summed E-state index contributed by atoms with van der Waals surface area (Å²) >= 11 is 23.7. The molecular formula is C18H6Br2Cl2N2S2. The molecule has 0 bridgehead atoms. The molecule has 8 heteroatoms. The van der Waals surface area contributed by atoms with Crippen LogP contribution in [0.2, 0.25) is 10.0 Å². The topological polar surface area (TPSA) is 24.7 Å². The predicted molar refractivity (Wildman–Crippen MR) is 115 cm³/mol. The van der Waals surface area contributed by atoms with Gasteiger partial charge in [-0.1, -0.05) is 78.6 Å². The Morgan fingerprint density at radius 1 is 0.692 bits per heavy atom. The van der Waals surface area contributed by atoms with Crippen LogP contribution < -0.4 is 10.7 Å². The Morgan fingerprint density at radius 3 is 1.54 bits per heavy atom. The van der Waals surface area contributed by atoms with Crippen molar-refractivity contribution in [1.82, 2.24) is 0 Å². The zero-order valence-corrected chi connectivity index (χ0v) is 19.0. The number of fused-ring (bicyclic) bond motifs is 4. The average molecular weight is 545 g/mol. The van der Waals surface area contributed by atoms with Crippen LogP contribution in [0.3, 0.4) is 0 Å². The molecule has 0 saturated carbocycles. The van der Waals surface area contributed by atoms with Crippen LogP contribution in [0.25, 0.3) is 0 Å². The van der Waals surface area contributed by atoms with Crippen molar-refractivity contribution in [2.24, 2.45) is 9.98 Å². The van der Waals surface area contributed by atoms with Crippen molar-refractivity contribution >= 4 is 90.0 Å². The largest absolute Gasteiger partial charge is 0.245 e. The molecule has 5 rings (SSSR count). The maximum absolute atomic E-state index is 6.75. The number of rotatable bonds is 0. The third-order valence-corrected chi connectivity index (χ3v) is 8.22. The van der Waals surface area contributed by atoms with E-state index in [0.717, 1.165) is 50.6 Å². The van der Waals surface area contributed by atoms with Gasteiger partial charge in [0.15, 0.2) is 0 Å². The highest BCUT2D eigenvalue weighted by molar-refractivity contribution is 9.10. The first-order valence-corrected chi connectivity index (χ1v) is 11.4. The van der Waals surface area contributed by atoms with Gasteiger partial charge in [0.05, 0.1) is 41.9 Å². The van der Waals surface area contributed by atoms with Gasteiger partial charge in [0, 0.05) is 18.7 Å². The van der Waals surface area contributed by atoms with E-state index in [0.29, 0.717) is 10.0 Å². The standard InChI is InChI=1S/C18H6Br2Cl2N2S2/c19-7-1-3-9-11(5-7)25-17-14(22)16-18(13(21)15(17)23-9)26-12-6-8(20)2-4-10(12)24-16/h1-6H. The van der Waals surface area contributed by atoms with Crippen LogP contribution in [0, 0.1) is 0 Å². The lowest BCUT2D eigenvalue weighted by Gasteiger charge is -2.19. The van der Waals surface area contributed by atoms with Crippen molar-refractivity contribution in [3.63, 3.8) is 0 Å². The van der Waals surface area contributed by atoms with Gasteiger partial charge in [-0.05, 0) is 36.4 Å². The molecule has 0 amide bonds. The molecule has 128 valence electrons. The Hall–Kier alpha value is -0.500. The second-order valence-electron chi connectivity index (χ2n) is 5.64. The fourth-order valence-corrected chi connectivity index (χ4v) is 6.72. The SMILES string of the molecule is Clc1c2c(c(Cl)c3c1=Nc1ccc(Br)cc1S3)=Nc1ccc(Br)cc1S2. The monoisotopic (exact) mass is 542 g/mol. The summed E-state index contributed by atoms with van der Waals surface area (Å²) in [5.41, 5.74) is 1.79. The lowest BCUT2D eigenvalue weighted by Crippen LogP contribution is -2.22. The third-order valence-electron chi connectivity index (χ3n) is 3.98. The molecule has 0 unspecified atom stereocenters. The first kappa shape index (κ1) is 17.6. The van der Waals surface area contributed by atoms with Crippen molar-refractivity contribution in [1.29, 1.82) is 0 Å². The lowest BCUT2D eigenvalue weighted by molar-refractivity contribution is 1.07. The van der Waals surface area contributed by atoms with Crippen LogP contribution in [-0.2, 0) is 0 Å². The van der Waals surface area contributed by atoms with Gasteiger partial charge in [-0.25, -0.2) is 9.98 Å². The summed E-state index contributed by atoms with van der Waals surface area (Å²) in [5.74, 6) is 0. The molecular weight excluding hydrogens is 539 g/mol.